The Morgan fingerprint density at radius 1 is 1.20 bits per heavy atom. The van der Waals surface area contributed by atoms with Crippen LogP contribution in [0.4, 0.5) is 0 Å². The smallest absolute Gasteiger partial charge is 0.0717 e. The molecule has 0 aromatic rings. The lowest BCUT2D eigenvalue weighted by Gasteiger charge is -2.32. The van der Waals surface area contributed by atoms with E-state index in [-0.39, 0.29) is 12.1 Å². The minimum absolute atomic E-state index is 0.162. The normalized spacial score (nSPS) is 35.0. The Hall–Kier alpha value is 0.580. The molecule has 0 spiro atoms. The van der Waals surface area contributed by atoms with Gasteiger partial charge < -0.3 is 15.7 Å². The van der Waals surface area contributed by atoms with Crippen molar-refractivity contribution < 1.29 is 5.11 Å². The van der Waals surface area contributed by atoms with Crippen molar-refractivity contribution in [3.8, 4) is 0 Å². The SMILES string of the molecule is O[C@@H]1CCNC[C@@H]1NC1CSCCSC1. The third-order valence-corrected chi connectivity index (χ3v) is 5.43. The van der Waals surface area contributed by atoms with Crippen molar-refractivity contribution >= 4 is 23.5 Å². The molecule has 0 aromatic carbocycles. The number of piperidine rings is 1. The summed E-state index contributed by atoms with van der Waals surface area (Å²) in [6.45, 7) is 1.86. The number of hydrogen-bond acceptors (Lipinski definition) is 5. The zero-order valence-corrected chi connectivity index (χ0v) is 10.6. The molecule has 2 saturated heterocycles. The molecule has 0 amide bonds. The molecule has 3 nitrogen and oxygen atoms in total. The summed E-state index contributed by atoms with van der Waals surface area (Å²) >= 11 is 4.06. The highest BCUT2D eigenvalue weighted by molar-refractivity contribution is 8.03. The molecule has 2 fully saturated rings. The van der Waals surface area contributed by atoms with Gasteiger partial charge in [-0.2, -0.15) is 23.5 Å². The second-order valence-electron chi connectivity index (χ2n) is 4.18. The molecule has 0 aliphatic carbocycles. The van der Waals surface area contributed by atoms with Crippen LogP contribution in [0.3, 0.4) is 0 Å². The van der Waals surface area contributed by atoms with Crippen LogP contribution >= 0.6 is 23.5 Å². The van der Waals surface area contributed by atoms with Gasteiger partial charge in [-0.05, 0) is 13.0 Å². The van der Waals surface area contributed by atoms with Gasteiger partial charge in [-0.3, -0.25) is 0 Å². The van der Waals surface area contributed by atoms with Gasteiger partial charge in [-0.1, -0.05) is 0 Å². The van der Waals surface area contributed by atoms with E-state index in [1.54, 1.807) is 0 Å². The van der Waals surface area contributed by atoms with Crippen molar-refractivity contribution in [2.45, 2.75) is 24.6 Å². The zero-order valence-electron chi connectivity index (χ0n) is 8.95. The summed E-state index contributed by atoms with van der Waals surface area (Å²) in [5.41, 5.74) is 0. The van der Waals surface area contributed by atoms with Gasteiger partial charge in [-0.25, -0.2) is 0 Å². The summed E-state index contributed by atoms with van der Waals surface area (Å²) in [7, 11) is 0. The molecular formula is C10H20N2OS2. The highest BCUT2D eigenvalue weighted by Crippen LogP contribution is 2.17. The van der Waals surface area contributed by atoms with Crippen molar-refractivity contribution in [1.29, 1.82) is 0 Å². The predicted octanol–water partition coefficient (Wildman–Crippen LogP) is 0.147. The summed E-state index contributed by atoms with van der Waals surface area (Å²) in [6, 6.07) is 0.824. The van der Waals surface area contributed by atoms with Crippen LogP contribution in [0.15, 0.2) is 0 Å². The third-order valence-electron chi connectivity index (χ3n) is 2.91. The van der Waals surface area contributed by atoms with Crippen LogP contribution in [0.2, 0.25) is 0 Å². The highest BCUT2D eigenvalue weighted by Gasteiger charge is 2.25. The van der Waals surface area contributed by atoms with Gasteiger partial charge in [0.15, 0.2) is 0 Å². The standard InChI is InChI=1S/C10H20N2OS2/c13-10-1-2-11-5-9(10)12-8-6-14-3-4-15-7-8/h8-13H,1-7H2/t9-,10+/m0/s1. The number of nitrogens with one attached hydrogen (secondary N) is 2. The molecule has 15 heavy (non-hydrogen) atoms. The number of aliphatic hydroxyl groups excluding tert-OH is 1. The molecule has 2 heterocycles. The van der Waals surface area contributed by atoms with Crippen molar-refractivity contribution in [3.05, 3.63) is 0 Å². The Balaban J connectivity index is 1.78. The second-order valence-corrected chi connectivity index (χ2v) is 6.48. The maximum Gasteiger partial charge on any atom is 0.0717 e. The average molecular weight is 248 g/mol. The fourth-order valence-electron chi connectivity index (χ4n) is 2.03. The van der Waals surface area contributed by atoms with Crippen molar-refractivity contribution in [2.75, 3.05) is 36.1 Å². The number of aliphatic hydroxyl groups is 1. The molecule has 2 atom stereocenters. The van der Waals surface area contributed by atoms with E-state index in [4.69, 9.17) is 0 Å². The first kappa shape index (κ1) is 12.0. The Labute approximate surface area is 100 Å². The van der Waals surface area contributed by atoms with Crippen LogP contribution in [0.1, 0.15) is 6.42 Å². The van der Waals surface area contributed by atoms with Crippen LogP contribution in [0.5, 0.6) is 0 Å². The lowest BCUT2D eigenvalue weighted by molar-refractivity contribution is 0.0958. The molecule has 0 unspecified atom stereocenters. The minimum atomic E-state index is -0.162. The lowest BCUT2D eigenvalue weighted by atomic mass is 10.0. The summed E-state index contributed by atoms with van der Waals surface area (Å²) in [5, 5.41) is 16.8. The quantitative estimate of drug-likeness (QED) is 0.649. The van der Waals surface area contributed by atoms with Crippen molar-refractivity contribution in [3.63, 3.8) is 0 Å². The first-order valence-electron chi connectivity index (χ1n) is 5.66. The maximum absolute atomic E-state index is 9.85. The van der Waals surface area contributed by atoms with E-state index in [9.17, 15) is 5.11 Å². The van der Waals surface area contributed by atoms with Gasteiger partial charge in [0.25, 0.3) is 0 Å². The number of thioether (sulfide) groups is 2. The zero-order chi connectivity index (χ0) is 10.5. The van der Waals surface area contributed by atoms with Crippen LogP contribution in [0, 0.1) is 0 Å². The Morgan fingerprint density at radius 2 is 1.93 bits per heavy atom. The van der Waals surface area contributed by atoms with E-state index >= 15 is 0 Å². The molecule has 0 saturated carbocycles. The van der Waals surface area contributed by atoms with Gasteiger partial charge in [0.2, 0.25) is 0 Å². The lowest BCUT2D eigenvalue weighted by Crippen LogP contribution is -2.55. The van der Waals surface area contributed by atoms with Crippen LogP contribution in [0.25, 0.3) is 0 Å². The fourth-order valence-corrected chi connectivity index (χ4v) is 4.45. The van der Waals surface area contributed by atoms with E-state index in [0.717, 1.165) is 19.5 Å². The van der Waals surface area contributed by atoms with E-state index < -0.39 is 0 Å². The molecular weight excluding hydrogens is 228 g/mol. The number of rotatable bonds is 2. The van der Waals surface area contributed by atoms with Gasteiger partial charge in [0, 0.05) is 41.6 Å². The van der Waals surface area contributed by atoms with E-state index in [2.05, 4.69) is 10.6 Å². The first-order valence-corrected chi connectivity index (χ1v) is 7.97. The first-order chi connectivity index (χ1) is 7.36. The summed E-state index contributed by atoms with van der Waals surface area (Å²) in [5.74, 6) is 4.93. The van der Waals surface area contributed by atoms with Crippen molar-refractivity contribution in [1.82, 2.24) is 10.6 Å². The van der Waals surface area contributed by atoms with E-state index in [1.165, 1.54) is 23.0 Å². The van der Waals surface area contributed by atoms with Gasteiger partial charge in [-0.15, -0.1) is 0 Å². The average Bonchev–Trinajstić information content (AvgIpc) is 2.50. The minimum Gasteiger partial charge on any atom is -0.391 e. The van der Waals surface area contributed by atoms with E-state index in [1.807, 2.05) is 23.5 Å². The topological polar surface area (TPSA) is 44.3 Å². The predicted molar refractivity (Wildman–Crippen MR) is 68.9 cm³/mol. The summed E-state index contributed by atoms with van der Waals surface area (Å²) < 4.78 is 0. The molecule has 0 aromatic heterocycles. The molecule has 5 heteroatoms. The maximum atomic E-state index is 9.85. The molecule has 2 aliphatic rings. The monoisotopic (exact) mass is 248 g/mol. The molecule has 2 rings (SSSR count). The van der Waals surface area contributed by atoms with Crippen LogP contribution in [-0.2, 0) is 0 Å². The highest BCUT2D eigenvalue weighted by atomic mass is 32.2. The molecule has 0 bridgehead atoms. The van der Waals surface area contributed by atoms with Gasteiger partial charge >= 0.3 is 0 Å². The van der Waals surface area contributed by atoms with E-state index in [0.29, 0.717) is 6.04 Å². The summed E-state index contributed by atoms with van der Waals surface area (Å²) in [4.78, 5) is 0. The molecule has 0 radical (unpaired) electrons. The third kappa shape index (κ3) is 3.82. The Bertz CT molecular complexity index is 186. The Morgan fingerprint density at radius 3 is 2.60 bits per heavy atom. The van der Waals surface area contributed by atoms with Crippen LogP contribution in [-0.4, -0.2) is 59.4 Å². The summed E-state index contributed by atoms with van der Waals surface area (Å²) in [6.07, 6.45) is 0.717. The van der Waals surface area contributed by atoms with Gasteiger partial charge in [0.05, 0.1) is 6.10 Å². The molecule has 3 N–H and O–H groups in total. The largest absolute Gasteiger partial charge is 0.391 e. The Kier molecular flexibility index (Phi) is 5.10. The molecule has 88 valence electrons. The fraction of sp³-hybridized carbons (Fsp3) is 1.00. The number of hydrogen-bond donors (Lipinski definition) is 3. The van der Waals surface area contributed by atoms with Crippen LogP contribution < -0.4 is 10.6 Å². The van der Waals surface area contributed by atoms with Crippen molar-refractivity contribution in [2.24, 2.45) is 0 Å². The molecule has 2 aliphatic heterocycles. The second kappa shape index (κ2) is 6.35. The van der Waals surface area contributed by atoms with Gasteiger partial charge in [0.1, 0.15) is 0 Å².